The van der Waals surface area contributed by atoms with Gasteiger partial charge in [-0.25, -0.2) is 0 Å². The van der Waals surface area contributed by atoms with E-state index >= 15 is 0 Å². The van der Waals surface area contributed by atoms with Gasteiger partial charge in [0.15, 0.2) is 0 Å². The van der Waals surface area contributed by atoms with Crippen LogP contribution in [0.25, 0.3) is 11.0 Å². The molecular formula is C20H17NO2. The first kappa shape index (κ1) is 13.9. The van der Waals surface area contributed by atoms with Crippen molar-refractivity contribution in [2.24, 2.45) is 0 Å². The normalized spacial score (nSPS) is 15.3. The molecule has 2 aromatic carbocycles. The molecule has 1 saturated carbocycles. The molecule has 0 aliphatic heterocycles. The van der Waals surface area contributed by atoms with Crippen LogP contribution in [0.1, 0.15) is 29.7 Å². The predicted octanol–water partition coefficient (Wildman–Crippen LogP) is 4.88. The standard InChI is InChI=1S/C20H17NO2/c1-14-19(20(13-21)9-10-20)17-11-16(7-8-18(17)23-14)22-12-15-5-3-2-4-6-15/h2-8,11H,9-10,12H2,1H3. The Kier molecular flexibility index (Phi) is 3.12. The molecule has 4 rings (SSSR count). The Morgan fingerprint density at radius 3 is 2.65 bits per heavy atom. The molecule has 1 fully saturated rings. The molecule has 0 radical (unpaired) electrons. The number of furan rings is 1. The van der Waals surface area contributed by atoms with Gasteiger partial charge in [0.25, 0.3) is 0 Å². The third-order valence-electron chi connectivity index (χ3n) is 4.53. The molecule has 1 aromatic heterocycles. The maximum Gasteiger partial charge on any atom is 0.134 e. The highest BCUT2D eigenvalue weighted by molar-refractivity contribution is 5.86. The van der Waals surface area contributed by atoms with Crippen molar-refractivity contribution in [1.82, 2.24) is 0 Å². The lowest BCUT2D eigenvalue weighted by atomic mass is 9.94. The van der Waals surface area contributed by atoms with Gasteiger partial charge >= 0.3 is 0 Å². The summed E-state index contributed by atoms with van der Waals surface area (Å²) >= 11 is 0. The quantitative estimate of drug-likeness (QED) is 0.690. The van der Waals surface area contributed by atoms with Crippen molar-refractivity contribution in [3.8, 4) is 11.8 Å². The highest BCUT2D eigenvalue weighted by atomic mass is 16.5. The van der Waals surface area contributed by atoms with E-state index in [4.69, 9.17) is 9.15 Å². The summed E-state index contributed by atoms with van der Waals surface area (Å²) in [6.07, 6.45) is 1.82. The van der Waals surface area contributed by atoms with E-state index in [0.717, 1.165) is 46.4 Å². The minimum Gasteiger partial charge on any atom is -0.489 e. The Balaban J connectivity index is 1.68. The number of ether oxygens (including phenoxy) is 1. The van der Waals surface area contributed by atoms with Crippen LogP contribution >= 0.6 is 0 Å². The molecule has 0 spiro atoms. The van der Waals surface area contributed by atoms with Crippen LogP contribution in [0.5, 0.6) is 5.75 Å². The molecule has 1 aliphatic carbocycles. The highest BCUT2D eigenvalue weighted by Gasteiger charge is 2.48. The number of aryl methyl sites for hydroxylation is 1. The minimum absolute atomic E-state index is 0.354. The van der Waals surface area contributed by atoms with Crippen LogP contribution in [-0.4, -0.2) is 0 Å². The molecule has 3 aromatic rings. The van der Waals surface area contributed by atoms with Gasteiger partial charge < -0.3 is 9.15 Å². The second-order valence-electron chi connectivity index (χ2n) is 6.16. The minimum atomic E-state index is -0.354. The molecule has 3 nitrogen and oxygen atoms in total. The SMILES string of the molecule is Cc1oc2ccc(OCc3ccccc3)cc2c1C1(C#N)CC1. The summed E-state index contributed by atoms with van der Waals surface area (Å²) in [6, 6.07) is 18.4. The van der Waals surface area contributed by atoms with E-state index in [1.807, 2.05) is 55.5 Å². The van der Waals surface area contributed by atoms with Gasteiger partial charge in [0.05, 0.1) is 11.5 Å². The van der Waals surface area contributed by atoms with Crippen molar-refractivity contribution in [2.75, 3.05) is 0 Å². The average Bonchev–Trinajstić information content (AvgIpc) is 3.30. The second-order valence-corrected chi connectivity index (χ2v) is 6.16. The maximum atomic E-state index is 9.51. The molecule has 0 unspecified atom stereocenters. The average molecular weight is 303 g/mol. The van der Waals surface area contributed by atoms with Crippen molar-refractivity contribution < 1.29 is 9.15 Å². The highest BCUT2D eigenvalue weighted by Crippen LogP contribution is 2.52. The van der Waals surface area contributed by atoms with Gasteiger partial charge in [-0.2, -0.15) is 5.26 Å². The van der Waals surface area contributed by atoms with Gasteiger partial charge in [0.1, 0.15) is 23.7 Å². The van der Waals surface area contributed by atoms with Gasteiger partial charge in [-0.3, -0.25) is 0 Å². The lowest BCUT2D eigenvalue weighted by molar-refractivity contribution is 0.306. The smallest absolute Gasteiger partial charge is 0.134 e. The molecule has 0 atom stereocenters. The molecular weight excluding hydrogens is 286 g/mol. The zero-order chi connectivity index (χ0) is 15.9. The summed E-state index contributed by atoms with van der Waals surface area (Å²) in [4.78, 5) is 0. The second kappa shape index (κ2) is 5.17. The Morgan fingerprint density at radius 1 is 1.17 bits per heavy atom. The zero-order valence-electron chi connectivity index (χ0n) is 13.0. The number of fused-ring (bicyclic) bond motifs is 1. The van der Waals surface area contributed by atoms with E-state index < -0.39 is 0 Å². The molecule has 1 aliphatic rings. The van der Waals surface area contributed by atoms with Gasteiger partial charge in [-0.1, -0.05) is 30.3 Å². The lowest BCUT2D eigenvalue weighted by Gasteiger charge is -2.08. The summed E-state index contributed by atoms with van der Waals surface area (Å²) in [7, 11) is 0. The van der Waals surface area contributed by atoms with Crippen LogP contribution in [0.4, 0.5) is 0 Å². The van der Waals surface area contributed by atoms with Crippen molar-refractivity contribution in [1.29, 1.82) is 5.26 Å². The van der Waals surface area contributed by atoms with E-state index in [0.29, 0.717) is 6.61 Å². The zero-order valence-corrected chi connectivity index (χ0v) is 13.0. The Hall–Kier alpha value is -2.73. The summed E-state index contributed by atoms with van der Waals surface area (Å²) in [5.41, 5.74) is 2.64. The fraction of sp³-hybridized carbons (Fsp3) is 0.250. The summed E-state index contributed by atoms with van der Waals surface area (Å²) in [5.74, 6) is 1.65. The summed E-state index contributed by atoms with van der Waals surface area (Å²) < 4.78 is 11.7. The molecule has 0 amide bonds. The molecule has 0 saturated heterocycles. The lowest BCUT2D eigenvalue weighted by Crippen LogP contribution is -2.03. The Labute approximate surface area is 135 Å². The van der Waals surface area contributed by atoms with Crippen LogP contribution in [-0.2, 0) is 12.0 Å². The van der Waals surface area contributed by atoms with Gasteiger partial charge in [0, 0.05) is 10.9 Å². The number of nitriles is 1. The van der Waals surface area contributed by atoms with Crippen molar-refractivity contribution in [3.05, 3.63) is 65.4 Å². The number of benzene rings is 2. The van der Waals surface area contributed by atoms with Gasteiger partial charge in [-0.15, -0.1) is 0 Å². The van der Waals surface area contributed by atoms with Gasteiger partial charge in [0.2, 0.25) is 0 Å². The first-order valence-electron chi connectivity index (χ1n) is 7.83. The first-order valence-corrected chi connectivity index (χ1v) is 7.83. The number of hydrogen-bond acceptors (Lipinski definition) is 3. The van der Waals surface area contributed by atoms with E-state index in [9.17, 15) is 5.26 Å². The Bertz CT molecular complexity index is 899. The van der Waals surface area contributed by atoms with Crippen LogP contribution in [0, 0.1) is 18.3 Å². The first-order chi connectivity index (χ1) is 11.2. The predicted molar refractivity (Wildman–Crippen MR) is 88.3 cm³/mol. The van der Waals surface area contributed by atoms with Crippen LogP contribution in [0.15, 0.2) is 52.9 Å². The van der Waals surface area contributed by atoms with Crippen molar-refractivity contribution in [2.45, 2.75) is 31.8 Å². The topological polar surface area (TPSA) is 46.2 Å². The molecule has 1 heterocycles. The van der Waals surface area contributed by atoms with Crippen LogP contribution in [0.2, 0.25) is 0 Å². The van der Waals surface area contributed by atoms with E-state index in [2.05, 4.69) is 6.07 Å². The van der Waals surface area contributed by atoms with Crippen LogP contribution < -0.4 is 4.74 Å². The molecule has 0 N–H and O–H groups in total. The molecule has 3 heteroatoms. The molecule has 23 heavy (non-hydrogen) atoms. The van der Waals surface area contributed by atoms with Crippen molar-refractivity contribution >= 4 is 11.0 Å². The summed E-state index contributed by atoms with van der Waals surface area (Å²) in [6.45, 7) is 2.47. The van der Waals surface area contributed by atoms with E-state index in [1.54, 1.807) is 0 Å². The maximum absolute atomic E-state index is 9.51. The third-order valence-corrected chi connectivity index (χ3v) is 4.53. The van der Waals surface area contributed by atoms with E-state index in [-0.39, 0.29) is 5.41 Å². The largest absolute Gasteiger partial charge is 0.489 e. The summed E-state index contributed by atoms with van der Waals surface area (Å²) in [5, 5.41) is 10.5. The van der Waals surface area contributed by atoms with Gasteiger partial charge in [-0.05, 0) is 43.5 Å². The third kappa shape index (κ3) is 2.37. The number of nitrogens with zero attached hydrogens (tertiary/aromatic N) is 1. The number of hydrogen-bond donors (Lipinski definition) is 0. The Morgan fingerprint density at radius 2 is 1.96 bits per heavy atom. The monoisotopic (exact) mass is 303 g/mol. The van der Waals surface area contributed by atoms with Crippen molar-refractivity contribution in [3.63, 3.8) is 0 Å². The molecule has 0 bridgehead atoms. The van der Waals surface area contributed by atoms with E-state index in [1.165, 1.54) is 0 Å². The fourth-order valence-corrected chi connectivity index (χ4v) is 3.17. The number of rotatable bonds is 4. The van der Waals surface area contributed by atoms with Crippen LogP contribution in [0.3, 0.4) is 0 Å². The fourth-order valence-electron chi connectivity index (χ4n) is 3.17. The molecule has 114 valence electrons.